The Bertz CT molecular complexity index is 599. The van der Waals surface area contributed by atoms with Crippen molar-refractivity contribution in [3.63, 3.8) is 0 Å². The van der Waals surface area contributed by atoms with Crippen LogP contribution >= 0.6 is 0 Å². The number of methoxy groups -OCH3 is 1. The van der Waals surface area contributed by atoms with Gasteiger partial charge in [-0.25, -0.2) is 0 Å². The van der Waals surface area contributed by atoms with Crippen LogP contribution in [-0.2, 0) is 12.1 Å². The van der Waals surface area contributed by atoms with E-state index >= 15 is 0 Å². The van der Waals surface area contributed by atoms with Gasteiger partial charge in [-0.2, -0.15) is 0 Å². The van der Waals surface area contributed by atoms with E-state index in [4.69, 9.17) is 4.74 Å². The Kier molecular flexibility index (Phi) is 4.55. The zero-order valence-electron chi connectivity index (χ0n) is 12.1. The minimum absolute atomic E-state index is 0.268. The average Bonchev–Trinajstić information content (AvgIpc) is 2.53. The Morgan fingerprint density at radius 3 is 2.24 bits per heavy atom. The minimum Gasteiger partial charge on any atom is -0.497 e. The van der Waals surface area contributed by atoms with Crippen LogP contribution in [0.5, 0.6) is 5.75 Å². The van der Waals surface area contributed by atoms with Crippen molar-refractivity contribution >= 4 is 0 Å². The molecule has 1 N–H and O–H groups in total. The average molecular weight is 286 g/mol. The van der Waals surface area contributed by atoms with Crippen molar-refractivity contribution in [1.82, 2.24) is 5.32 Å². The minimum atomic E-state index is -1.35. The maximum absolute atomic E-state index is 11.7. The van der Waals surface area contributed by atoms with Crippen molar-refractivity contribution in [1.29, 1.82) is 0 Å². The van der Waals surface area contributed by atoms with Crippen molar-refractivity contribution in [3.05, 3.63) is 75.8 Å². The van der Waals surface area contributed by atoms with Crippen LogP contribution in [0.15, 0.2) is 54.6 Å². The van der Waals surface area contributed by atoms with E-state index in [0.717, 1.165) is 5.56 Å². The molecule has 2 aromatic rings. The first-order valence-electron chi connectivity index (χ1n) is 6.64. The molecule has 0 spiro atoms. The third-order valence-corrected chi connectivity index (χ3v) is 3.60. The molecule has 0 aliphatic carbocycles. The Morgan fingerprint density at radius 2 is 1.76 bits per heavy atom. The molecule has 2 aromatic carbocycles. The number of hydrogen-bond acceptors (Lipinski definition) is 4. The first-order chi connectivity index (χ1) is 10.1. The number of rotatable bonds is 6. The maximum atomic E-state index is 11.7. The molecule has 0 fully saturated rings. The van der Waals surface area contributed by atoms with Gasteiger partial charge in [0.25, 0.3) is 0 Å². The van der Waals surface area contributed by atoms with Gasteiger partial charge in [0.2, 0.25) is 0 Å². The summed E-state index contributed by atoms with van der Waals surface area (Å²) in [6.07, 6.45) is 0.268. The lowest BCUT2D eigenvalue weighted by Crippen LogP contribution is -2.49. The molecule has 0 aliphatic rings. The van der Waals surface area contributed by atoms with Gasteiger partial charge in [-0.15, -0.1) is 0 Å². The molecule has 1 atom stereocenters. The number of ether oxygens (including phenoxy) is 1. The number of benzene rings is 2. The summed E-state index contributed by atoms with van der Waals surface area (Å²) in [6, 6.07) is 16.3. The fraction of sp³-hybridized carbons (Fsp3) is 0.250. The highest BCUT2D eigenvalue weighted by atomic mass is 16.6. The summed E-state index contributed by atoms with van der Waals surface area (Å²) in [5.41, 5.74) is 0.146. The number of nitrogens with one attached hydrogen (secondary N) is 1. The zero-order chi connectivity index (χ0) is 15.3. The largest absolute Gasteiger partial charge is 0.497 e. The maximum Gasteiger partial charge on any atom is 0.304 e. The molecule has 1 unspecified atom stereocenters. The molecule has 0 radical (unpaired) electrons. The second kappa shape index (κ2) is 6.37. The Labute approximate surface area is 123 Å². The first-order valence-corrected chi connectivity index (χ1v) is 6.64. The van der Waals surface area contributed by atoms with Crippen LogP contribution in [0.4, 0.5) is 0 Å². The van der Waals surface area contributed by atoms with Gasteiger partial charge < -0.3 is 4.74 Å². The molecular weight excluding hydrogens is 268 g/mol. The van der Waals surface area contributed by atoms with Gasteiger partial charge >= 0.3 is 5.66 Å². The van der Waals surface area contributed by atoms with E-state index in [-0.39, 0.29) is 11.3 Å². The number of likely N-dealkylation sites (N-methyl/N-ethyl adjacent to an activating group) is 1. The third kappa shape index (κ3) is 3.03. The van der Waals surface area contributed by atoms with Crippen LogP contribution in [0, 0.1) is 10.1 Å². The van der Waals surface area contributed by atoms with E-state index in [1.165, 1.54) is 0 Å². The summed E-state index contributed by atoms with van der Waals surface area (Å²) >= 11 is 0. The zero-order valence-corrected chi connectivity index (χ0v) is 12.1. The smallest absolute Gasteiger partial charge is 0.304 e. The van der Waals surface area contributed by atoms with Gasteiger partial charge in [0.05, 0.1) is 13.5 Å². The lowest BCUT2D eigenvalue weighted by Gasteiger charge is -2.25. The summed E-state index contributed by atoms with van der Waals surface area (Å²) in [6.45, 7) is 0. The number of nitrogens with zero attached hydrogens (tertiary/aromatic N) is 1. The molecule has 0 bridgehead atoms. The second-order valence-electron chi connectivity index (χ2n) is 4.76. The molecular formula is C16H18N2O3. The van der Waals surface area contributed by atoms with Gasteiger partial charge in [0.1, 0.15) is 5.75 Å². The van der Waals surface area contributed by atoms with E-state index in [0.29, 0.717) is 11.3 Å². The quantitative estimate of drug-likeness (QED) is 0.503. The molecule has 0 amide bonds. The van der Waals surface area contributed by atoms with Gasteiger partial charge in [-0.05, 0) is 36.9 Å². The SMILES string of the molecule is CNC(Cc1ccccc1)(c1ccc(OC)cc1)[N+](=O)[O-]. The molecule has 0 aliphatic heterocycles. The fourth-order valence-electron chi connectivity index (χ4n) is 2.35. The second-order valence-corrected chi connectivity index (χ2v) is 4.76. The van der Waals surface area contributed by atoms with E-state index in [1.54, 1.807) is 38.4 Å². The van der Waals surface area contributed by atoms with Crippen LogP contribution in [0.3, 0.4) is 0 Å². The number of hydrogen-bond donors (Lipinski definition) is 1. The lowest BCUT2D eigenvalue weighted by atomic mass is 9.92. The van der Waals surface area contributed by atoms with Crippen LogP contribution in [0.1, 0.15) is 11.1 Å². The van der Waals surface area contributed by atoms with Crippen molar-refractivity contribution in [2.45, 2.75) is 12.1 Å². The normalized spacial score (nSPS) is 13.4. The first kappa shape index (κ1) is 15.0. The molecule has 0 saturated carbocycles. The molecule has 0 heterocycles. The highest BCUT2D eigenvalue weighted by molar-refractivity contribution is 5.32. The molecule has 2 rings (SSSR count). The standard InChI is InChI=1S/C16H18N2O3/c1-17-16(18(19)20,12-13-6-4-3-5-7-13)14-8-10-15(21-2)11-9-14/h3-11,17H,12H2,1-2H3. The van der Waals surface area contributed by atoms with Gasteiger partial charge in [-0.1, -0.05) is 30.3 Å². The molecule has 5 heteroatoms. The predicted molar refractivity (Wildman–Crippen MR) is 80.9 cm³/mol. The van der Waals surface area contributed by atoms with E-state index in [9.17, 15) is 10.1 Å². The van der Waals surface area contributed by atoms with Gasteiger partial charge in [0, 0.05) is 10.5 Å². The molecule has 5 nitrogen and oxygen atoms in total. The van der Waals surface area contributed by atoms with E-state index in [2.05, 4.69) is 5.32 Å². The molecule has 0 aromatic heterocycles. The Hall–Kier alpha value is -2.40. The summed E-state index contributed by atoms with van der Waals surface area (Å²) < 4.78 is 5.10. The molecule has 110 valence electrons. The third-order valence-electron chi connectivity index (χ3n) is 3.60. The Balaban J connectivity index is 2.42. The van der Waals surface area contributed by atoms with Crippen LogP contribution in [-0.4, -0.2) is 19.1 Å². The van der Waals surface area contributed by atoms with Gasteiger partial charge in [-0.3, -0.25) is 15.4 Å². The Morgan fingerprint density at radius 1 is 1.14 bits per heavy atom. The summed E-state index contributed by atoms with van der Waals surface area (Å²) in [7, 11) is 3.17. The summed E-state index contributed by atoms with van der Waals surface area (Å²) in [5.74, 6) is 0.673. The highest BCUT2D eigenvalue weighted by Gasteiger charge is 2.43. The topological polar surface area (TPSA) is 64.4 Å². The summed E-state index contributed by atoms with van der Waals surface area (Å²) in [4.78, 5) is 11.4. The van der Waals surface area contributed by atoms with Crippen LogP contribution in [0.25, 0.3) is 0 Å². The van der Waals surface area contributed by atoms with Crippen molar-refractivity contribution in [2.24, 2.45) is 0 Å². The van der Waals surface area contributed by atoms with Crippen molar-refractivity contribution in [2.75, 3.05) is 14.2 Å². The van der Waals surface area contributed by atoms with E-state index in [1.807, 2.05) is 30.3 Å². The van der Waals surface area contributed by atoms with Crippen molar-refractivity contribution in [3.8, 4) is 5.75 Å². The van der Waals surface area contributed by atoms with Crippen LogP contribution in [0.2, 0.25) is 0 Å². The predicted octanol–water partition coefficient (Wildman–Crippen LogP) is 2.59. The molecule has 0 saturated heterocycles. The number of nitro groups is 1. The summed E-state index contributed by atoms with van der Waals surface area (Å²) in [5, 5.41) is 14.6. The van der Waals surface area contributed by atoms with Gasteiger partial charge in [0.15, 0.2) is 0 Å². The fourth-order valence-corrected chi connectivity index (χ4v) is 2.35. The van der Waals surface area contributed by atoms with E-state index < -0.39 is 5.66 Å². The molecule has 21 heavy (non-hydrogen) atoms. The highest BCUT2D eigenvalue weighted by Crippen LogP contribution is 2.28. The monoisotopic (exact) mass is 286 g/mol. The van der Waals surface area contributed by atoms with Crippen molar-refractivity contribution < 1.29 is 9.66 Å². The lowest BCUT2D eigenvalue weighted by molar-refractivity contribution is -0.587. The van der Waals surface area contributed by atoms with Crippen LogP contribution < -0.4 is 10.1 Å².